The van der Waals surface area contributed by atoms with E-state index in [1.807, 2.05) is 28.9 Å². The SMILES string of the molecule is COc1ccc(-c2nc(CSc3nnnn3CC3CCCO3)cs2)cc1. The molecule has 26 heavy (non-hydrogen) atoms. The van der Waals surface area contributed by atoms with E-state index in [0.717, 1.165) is 52.4 Å². The van der Waals surface area contributed by atoms with Gasteiger partial charge in [-0.25, -0.2) is 9.67 Å². The number of aromatic nitrogens is 5. The summed E-state index contributed by atoms with van der Waals surface area (Å²) in [5.41, 5.74) is 2.12. The molecule has 0 radical (unpaired) electrons. The molecule has 3 aromatic rings. The summed E-state index contributed by atoms with van der Waals surface area (Å²) in [4.78, 5) is 4.72. The van der Waals surface area contributed by atoms with Crippen LogP contribution in [0.5, 0.6) is 5.75 Å². The summed E-state index contributed by atoms with van der Waals surface area (Å²) in [6.45, 7) is 1.55. The smallest absolute Gasteiger partial charge is 0.209 e. The summed E-state index contributed by atoms with van der Waals surface area (Å²) in [6, 6.07) is 7.95. The number of benzene rings is 1. The monoisotopic (exact) mass is 389 g/mol. The lowest BCUT2D eigenvalue weighted by Gasteiger charge is -2.09. The Kier molecular flexibility index (Phi) is 5.47. The number of thiazole rings is 1. The molecule has 0 aliphatic carbocycles. The van der Waals surface area contributed by atoms with E-state index >= 15 is 0 Å². The zero-order valence-corrected chi connectivity index (χ0v) is 16.0. The van der Waals surface area contributed by atoms with Gasteiger partial charge < -0.3 is 9.47 Å². The van der Waals surface area contributed by atoms with Crippen molar-refractivity contribution >= 4 is 23.1 Å². The van der Waals surface area contributed by atoms with Crippen molar-refractivity contribution in [2.24, 2.45) is 0 Å². The van der Waals surface area contributed by atoms with E-state index in [-0.39, 0.29) is 6.10 Å². The van der Waals surface area contributed by atoms with E-state index in [0.29, 0.717) is 6.54 Å². The average Bonchev–Trinajstić information content (AvgIpc) is 3.43. The van der Waals surface area contributed by atoms with Crippen LogP contribution in [0.3, 0.4) is 0 Å². The highest BCUT2D eigenvalue weighted by Gasteiger charge is 2.19. The molecule has 0 saturated carbocycles. The van der Waals surface area contributed by atoms with Crippen molar-refractivity contribution in [1.29, 1.82) is 0 Å². The number of tetrazole rings is 1. The number of methoxy groups -OCH3 is 1. The molecule has 9 heteroatoms. The molecule has 1 aliphatic heterocycles. The molecule has 2 aromatic heterocycles. The molecule has 4 rings (SSSR count). The number of thioether (sulfide) groups is 1. The van der Waals surface area contributed by atoms with Gasteiger partial charge >= 0.3 is 0 Å². The van der Waals surface area contributed by atoms with Gasteiger partial charge in [0, 0.05) is 23.3 Å². The van der Waals surface area contributed by atoms with Crippen LogP contribution in [-0.2, 0) is 17.0 Å². The molecule has 1 atom stereocenters. The lowest BCUT2D eigenvalue weighted by molar-refractivity contribution is 0.0912. The number of hydrogen-bond donors (Lipinski definition) is 0. The molecule has 1 fully saturated rings. The fourth-order valence-corrected chi connectivity index (χ4v) is 4.48. The highest BCUT2D eigenvalue weighted by molar-refractivity contribution is 7.98. The minimum absolute atomic E-state index is 0.221. The third-order valence-corrected chi connectivity index (χ3v) is 6.07. The number of ether oxygens (including phenoxy) is 2. The first-order chi connectivity index (χ1) is 12.8. The molecule has 136 valence electrons. The fraction of sp³-hybridized carbons (Fsp3) is 0.412. The summed E-state index contributed by atoms with van der Waals surface area (Å²) < 4.78 is 12.7. The van der Waals surface area contributed by atoms with Gasteiger partial charge in [-0.05, 0) is 47.5 Å². The first kappa shape index (κ1) is 17.4. The number of rotatable bonds is 7. The zero-order valence-electron chi connectivity index (χ0n) is 14.4. The quantitative estimate of drug-likeness (QED) is 0.574. The van der Waals surface area contributed by atoms with Crippen LogP contribution in [0, 0.1) is 0 Å². The van der Waals surface area contributed by atoms with Crippen molar-refractivity contribution in [3.05, 3.63) is 35.3 Å². The average molecular weight is 390 g/mol. The van der Waals surface area contributed by atoms with Crippen molar-refractivity contribution in [1.82, 2.24) is 25.2 Å². The molecular weight excluding hydrogens is 370 g/mol. The third kappa shape index (κ3) is 4.05. The second-order valence-electron chi connectivity index (χ2n) is 5.94. The van der Waals surface area contributed by atoms with Crippen molar-refractivity contribution < 1.29 is 9.47 Å². The second kappa shape index (κ2) is 8.15. The van der Waals surface area contributed by atoms with Gasteiger partial charge in [0.05, 0.1) is 25.5 Å². The fourth-order valence-electron chi connectivity index (χ4n) is 2.77. The maximum Gasteiger partial charge on any atom is 0.209 e. The van der Waals surface area contributed by atoms with Gasteiger partial charge in [0.15, 0.2) is 0 Å². The zero-order chi connectivity index (χ0) is 17.8. The topological polar surface area (TPSA) is 75.0 Å². The standard InChI is InChI=1S/C17H19N5O2S2/c1-23-14-6-4-12(5-7-14)16-18-13(10-25-16)11-26-17-19-20-21-22(17)9-15-3-2-8-24-15/h4-7,10,15H,2-3,8-9,11H2,1H3. The summed E-state index contributed by atoms with van der Waals surface area (Å²) in [5, 5.41) is 15.9. The molecule has 0 N–H and O–H groups in total. The van der Waals surface area contributed by atoms with Gasteiger partial charge in [-0.3, -0.25) is 0 Å². The van der Waals surface area contributed by atoms with Crippen molar-refractivity contribution in [2.75, 3.05) is 13.7 Å². The maximum absolute atomic E-state index is 5.67. The molecular formula is C17H19N5O2S2. The Morgan fingerprint density at radius 3 is 3.00 bits per heavy atom. The van der Waals surface area contributed by atoms with Gasteiger partial charge in [-0.2, -0.15) is 0 Å². The van der Waals surface area contributed by atoms with Crippen LogP contribution < -0.4 is 4.74 Å². The minimum Gasteiger partial charge on any atom is -0.497 e. The Hall–Kier alpha value is -1.97. The Labute approximate surface area is 159 Å². The minimum atomic E-state index is 0.221. The molecule has 7 nitrogen and oxygen atoms in total. The van der Waals surface area contributed by atoms with Crippen LogP contribution in [0.25, 0.3) is 10.6 Å². The molecule has 1 aliphatic rings. The van der Waals surface area contributed by atoms with Gasteiger partial charge in [-0.1, -0.05) is 11.8 Å². The summed E-state index contributed by atoms with van der Waals surface area (Å²) in [5.74, 6) is 1.58. The Morgan fingerprint density at radius 1 is 1.35 bits per heavy atom. The molecule has 3 heterocycles. The van der Waals surface area contributed by atoms with E-state index in [1.165, 1.54) is 0 Å². The molecule has 0 amide bonds. The molecule has 0 bridgehead atoms. The number of nitrogens with zero attached hydrogens (tertiary/aromatic N) is 5. The van der Waals surface area contributed by atoms with Gasteiger partial charge in [-0.15, -0.1) is 16.4 Å². The summed E-state index contributed by atoms with van der Waals surface area (Å²) >= 11 is 3.24. The summed E-state index contributed by atoms with van der Waals surface area (Å²) in [6.07, 6.45) is 2.41. The van der Waals surface area contributed by atoms with Gasteiger partial charge in [0.25, 0.3) is 0 Å². The molecule has 1 unspecified atom stereocenters. The molecule has 1 aromatic carbocycles. The Balaban J connectivity index is 1.38. The maximum atomic E-state index is 5.67. The van der Waals surface area contributed by atoms with Gasteiger partial charge in [0.2, 0.25) is 5.16 Å². The summed E-state index contributed by atoms with van der Waals surface area (Å²) in [7, 11) is 1.67. The molecule has 0 spiro atoms. The Bertz CT molecular complexity index is 843. The predicted octanol–water partition coefficient (Wildman–Crippen LogP) is 3.28. The van der Waals surface area contributed by atoms with Crippen LogP contribution >= 0.6 is 23.1 Å². The lowest BCUT2D eigenvalue weighted by Crippen LogP contribution is -2.16. The van der Waals surface area contributed by atoms with Crippen LogP contribution in [0.15, 0.2) is 34.8 Å². The number of hydrogen-bond acceptors (Lipinski definition) is 8. The first-order valence-electron chi connectivity index (χ1n) is 8.41. The largest absolute Gasteiger partial charge is 0.497 e. The highest BCUT2D eigenvalue weighted by atomic mass is 32.2. The first-order valence-corrected chi connectivity index (χ1v) is 10.3. The van der Waals surface area contributed by atoms with Crippen molar-refractivity contribution in [3.8, 4) is 16.3 Å². The van der Waals surface area contributed by atoms with E-state index in [4.69, 9.17) is 14.5 Å². The van der Waals surface area contributed by atoms with Crippen molar-refractivity contribution in [3.63, 3.8) is 0 Å². The Morgan fingerprint density at radius 2 is 2.23 bits per heavy atom. The second-order valence-corrected chi connectivity index (χ2v) is 7.74. The third-order valence-electron chi connectivity index (χ3n) is 4.14. The van der Waals surface area contributed by atoms with E-state index in [2.05, 4.69) is 20.9 Å². The van der Waals surface area contributed by atoms with E-state index in [9.17, 15) is 0 Å². The van der Waals surface area contributed by atoms with Crippen LogP contribution in [0.4, 0.5) is 0 Å². The van der Waals surface area contributed by atoms with Crippen LogP contribution in [-0.4, -0.2) is 45.0 Å². The normalized spacial score (nSPS) is 16.9. The van der Waals surface area contributed by atoms with Crippen LogP contribution in [0.1, 0.15) is 18.5 Å². The highest BCUT2D eigenvalue weighted by Crippen LogP contribution is 2.28. The van der Waals surface area contributed by atoms with Gasteiger partial charge in [0.1, 0.15) is 10.8 Å². The predicted molar refractivity (Wildman–Crippen MR) is 100 cm³/mol. The van der Waals surface area contributed by atoms with E-state index < -0.39 is 0 Å². The van der Waals surface area contributed by atoms with E-state index in [1.54, 1.807) is 30.2 Å². The molecule has 1 saturated heterocycles. The van der Waals surface area contributed by atoms with Crippen molar-refractivity contribution in [2.45, 2.75) is 36.4 Å². The lowest BCUT2D eigenvalue weighted by atomic mass is 10.2. The van der Waals surface area contributed by atoms with Crippen LogP contribution in [0.2, 0.25) is 0 Å².